The molecule has 0 fully saturated rings. The van der Waals surface area contributed by atoms with Gasteiger partial charge in [0.25, 0.3) is 0 Å². The minimum Gasteiger partial charge on any atom is -0.478 e. The van der Waals surface area contributed by atoms with E-state index < -0.39 is 5.97 Å². The maximum absolute atomic E-state index is 11.0. The first-order valence-corrected chi connectivity index (χ1v) is 3.59. The maximum Gasteiger partial charge on any atom is 0.331 e. The summed E-state index contributed by atoms with van der Waals surface area (Å²) >= 11 is 0. The molecule has 0 spiro atoms. The summed E-state index contributed by atoms with van der Waals surface area (Å²) in [6.45, 7) is 1.59. The number of carboxylic acid groups (broad SMARTS) is 1. The van der Waals surface area contributed by atoms with Crippen molar-refractivity contribution in [3.8, 4) is 0 Å². The molecule has 1 aliphatic carbocycles. The predicted molar refractivity (Wildman–Crippen MR) is 39.2 cm³/mol. The highest BCUT2D eigenvalue weighted by Crippen LogP contribution is 2.21. The molecule has 60 valence electrons. The molecule has 1 rings (SSSR count). The van der Waals surface area contributed by atoms with Crippen LogP contribution in [0.1, 0.15) is 26.2 Å². The average Bonchev–Trinajstić information content (AvgIpc) is 1.94. The van der Waals surface area contributed by atoms with E-state index in [1.165, 1.54) is 0 Å². The van der Waals surface area contributed by atoms with Crippen molar-refractivity contribution < 1.29 is 14.7 Å². The number of hydrogen-bond acceptors (Lipinski definition) is 2. The summed E-state index contributed by atoms with van der Waals surface area (Å²) in [6.07, 6.45) is 1.72. The van der Waals surface area contributed by atoms with E-state index in [4.69, 9.17) is 5.11 Å². The van der Waals surface area contributed by atoms with Gasteiger partial charge in [0.1, 0.15) is 0 Å². The number of allylic oxidation sites excluding steroid dienone is 1. The summed E-state index contributed by atoms with van der Waals surface area (Å²) in [6, 6.07) is 0. The highest BCUT2D eigenvalue weighted by Gasteiger charge is 2.20. The van der Waals surface area contributed by atoms with Gasteiger partial charge < -0.3 is 5.11 Å². The second-order valence-corrected chi connectivity index (χ2v) is 2.69. The first-order valence-electron chi connectivity index (χ1n) is 3.59. The van der Waals surface area contributed by atoms with Crippen LogP contribution < -0.4 is 0 Å². The number of ketones is 1. The molecular weight excluding hydrogens is 144 g/mol. The van der Waals surface area contributed by atoms with E-state index in [-0.39, 0.29) is 5.78 Å². The average molecular weight is 154 g/mol. The van der Waals surface area contributed by atoms with Crippen LogP contribution >= 0.6 is 0 Å². The molecule has 0 aromatic carbocycles. The van der Waals surface area contributed by atoms with Gasteiger partial charge in [-0.1, -0.05) is 0 Å². The molecule has 11 heavy (non-hydrogen) atoms. The van der Waals surface area contributed by atoms with Crippen molar-refractivity contribution in [2.75, 3.05) is 0 Å². The van der Waals surface area contributed by atoms with Crippen LogP contribution in [0.15, 0.2) is 11.1 Å². The SMILES string of the molecule is CC1=C(C(=O)O)CCCC1=O. The molecule has 0 aliphatic heterocycles. The van der Waals surface area contributed by atoms with E-state index in [0.717, 1.165) is 0 Å². The maximum atomic E-state index is 11.0. The van der Waals surface area contributed by atoms with Crippen LogP contribution in [0.3, 0.4) is 0 Å². The minimum atomic E-state index is -0.949. The number of carbonyl (C=O) groups excluding carboxylic acids is 1. The zero-order valence-corrected chi connectivity index (χ0v) is 6.39. The highest BCUT2D eigenvalue weighted by molar-refractivity contribution is 6.03. The fraction of sp³-hybridized carbons (Fsp3) is 0.500. The Bertz CT molecular complexity index is 238. The topological polar surface area (TPSA) is 54.4 Å². The first kappa shape index (κ1) is 7.98. The summed E-state index contributed by atoms with van der Waals surface area (Å²) in [4.78, 5) is 21.5. The van der Waals surface area contributed by atoms with Crippen molar-refractivity contribution in [1.82, 2.24) is 0 Å². The fourth-order valence-electron chi connectivity index (χ4n) is 1.24. The summed E-state index contributed by atoms with van der Waals surface area (Å²) in [5.41, 5.74) is 0.727. The van der Waals surface area contributed by atoms with Crippen molar-refractivity contribution in [3.05, 3.63) is 11.1 Å². The standard InChI is InChI=1S/C8H10O3/c1-5-6(8(10)11)3-2-4-7(5)9/h2-4H2,1H3,(H,10,11). The Hall–Kier alpha value is -1.12. The van der Waals surface area contributed by atoms with Crippen LogP contribution in [0.4, 0.5) is 0 Å². The molecule has 3 nitrogen and oxygen atoms in total. The Balaban J connectivity index is 2.98. The molecule has 1 aliphatic rings. The molecule has 0 unspecified atom stereocenters. The summed E-state index contributed by atoms with van der Waals surface area (Å²) in [5, 5.41) is 8.62. The smallest absolute Gasteiger partial charge is 0.331 e. The third-order valence-electron chi connectivity index (χ3n) is 1.96. The van der Waals surface area contributed by atoms with E-state index in [1.54, 1.807) is 6.92 Å². The summed E-state index contributed by atoms with van der Waals surface area (Å²) in [5.74, 6) is -0.968. The van der Waals surface area contributed by atoms with E-state index in [1.807, 2.05) is 0 Å². The Morgan fingerprint density at radius 2 is 2.09 bits per heavy atom. The Kier molecular flexibility index (Phi) is 2.08. The van der Waals surface area contributed by atoms with Crippen molar-refractivity contribution in [1.29, 1.82) is 0 Å². The van der Waals surface area contributed by atoms with Crippen LogP contribution in [0.2, 0.25) is 0 Å². The zero-order chi connectivity index (χ0) is 8.43. The highest BCUT2D eigenvalue weighted by atomic mass is 16.4. The van der Waals surface area contributed by atoms with Crippen LogP contribution in [0.25, 0.3) is 0 Å². The molecule has 0 aromatic heterocycles. The zero-order valence-electron chi connectivity index (χ0n) is 6.39. The van der Waals surface area contributed by atoms with Crippen LogP contribution in [-0.2, 0) is 9.59 Å². The molecule has 3 heteroatoms. The van der Waals surface area contributed by atoms with Crippen molar-refractivity contribution >= 4 is 11.8 Å². The summed E-state index contributed by atoms with van der Waals surface area (Å²) < 4.78 is 0. The van der Waals surface area contributed by atoms with Gasteiger partial charge in [0.15, 0.2) is 5.78 Å². The lowest BCUT2D eigenvalue weighted by molar-refractivity contribution is -0.133. The van der Waals surface area contributed by atoms with Gasteiger partial charge in [-0.2, -0.15) is 0 Å². The molecule has 0 bridgehead atoms. The van der Waals surface area contributed by atoms with Gasteiger partial charge >= 0.3 is 5.97 Å². The number of hydrogen-bond donors (Lipinski definition) is 1. The molecule has 0 saturated carbocycles. The van der Waals surface area contributed by atoms with Crippen molar-refractivity contribution in [2.24, 2.45) is 0 Å². The largest absolute Gasteiger partial charge is 0.478 e. The molecule has 0 aromatic rings. The molecule has 0 atom stereocenters. The fourth-order valence-corrected chi connectivity index (χ4v) is 1.24. The van der Waals surface area contributed by atoms with Gasteiger partial charge in [0.2, 0.25) is 0 Å². The van der Waals surface area contributed by atoms with E-state index in [2.05, 4.69) is 0 Å². The van der Waals surface area contributed by atoms with Crippen molar-refractivity contribution in [3.63, 3.8) is 0 Å². The van der Waals surface area contributed by atoms with Crippen molar-refractivity contribution in [2.45, 2.75) is 26.2 Å². The molecule has 0 radical (unpaired) electrons. The van der Waals surface area contributed by atoms with Crippen LogP contribution in [-0.4, -0.2) is 16.9 Å². The molecule has 0 heterocycles. The third kappa shape index (κ3) is 1.48. The second-order valence-electron chi connectivity index (χ2n) is 2.69. The van der Waals surface area contributed by atoms with Gasteiger partial charge in [0.05, 0.1) is 0 Å². The normalized spacial score (nSPS) is 18.8. The Morgan fingerprint density at radius 1 is 1.45 bits per heavy atom. The second kappa shape index (κ2) is 2.86. The van der Waals surface area contributed by atoms with Gasteiger partial charge in [-0.3, -0.25) is 4.79 Å². The molecule has 0 amide bonds. The van der Waals surface area contributed by atoms with Crippen LogP contribution in [0.5, 0.6) is 0 Å². The molecule has 0 saturated heterocycles. The van der Waals surface area contributed by atoms with Gasteiger partial charge in [-0.15, -0.1) is 0 Å². The summed E-state index contributed by atoms with van der Waals surface area (Å²) in [7, 11) is 0. The third-order valence-corrected chi connectivity index (χ3v) is 1.96. The number of carboxylic acids is 1. The molecule has 1 N–H and O–H groups in total. The van der Waals surface area contributed by atoms with Crippen LogP contribution in [0, 0.1) is 0 Å². The lowest BCUT2D eigenvalue weighted by atomic mass is 9.92. The Labute approximate surface area is 64.7 Å². The quantitative estimate of drug-likeness (QED) is 0.616. The number of Topliss-reactive ketones (excluding diaryl/α,β-unsaturated/α-hetero) is 1. The number of aliphatic carboxylic acids is 1. The first-order chi connectivity index (χ1) is 5.13. The minimum absolute atomic E-state index is 0.0198. The van der Waals surface area contributed by atoms with E-state index >= 15 is 0 Å². The Morgan fingerprint density at radius 3 is 2.55 bits per heavy atom. The van der Waals surface area contributed by atoms with Gasteiger partial charge in [-0.05, 0) is 19.8 Å². The van der Waals surface area contributed by atoms with E-state index in [9.17, 15) is 9.59 Å². The lowest BCUT2D eigenvalue weighted by Crippen LogP contribution is -2.14. The predicted octanol–water partition coefficient (Wildman–Crippen LogP) is 1.14. The van der Waals surface area contributed by atoms with Gasteiger partial charge in [-0.25, -0.2) is 4.79 Å². The number of rotatable bonds is 1. The molecular formula is C8H10O3. The van der Waals surface area contributed by atoms with E-state index in [0.29, 0.717) is 30.4 Å². The number of carbonyl (C=O) groups is 2. The van der Waals surface area contributed by atoms with Gasteiger partial charge in [0, 0.05) is 17.6 Å². The monoisotopic (exact) mass is 154 g/mol. The lowest BCUT2D eigenvalue weighted by Gasteiger charge is -2.12.